The normalized spacial score (nSPS) is 12.0. The highest BCUT2D eigenvalue weighted by Gasteiger charge is 2.13. The zero-order chi connectivity index (χ0) is 15.2. The second-order valence-corrected chi connectivity index (χ2v) is 4.92. The topological polar surface area (TPSA) is 62.2 Å². The van der Waals surface area contributed by atoms with E-state index in [1.165, 1.54) is 18.3 Å². The molecule has 1 atom stereocenters. The number of hydrogen-bond donors (Lipinski definition) is 2. The average molecular weight is 309 g/mol. The number of amides is 1. The molecular formula is C15H14ClFN2O2. The molecule has 0 aliphatic heterocycles. The van der Waals surface area contributed by atoms with E-state index in [0.29, 0.717) is 10.6 Å². The van der Waals surface area contributed by atoms with Crippen molar-refractivity contribution in [3.8, 4) is 0 Å². The first kappa shape index (κ1) is 15.4. The van der Waals surface area contributed by atoms with Gasteiger partial charge in [0.2, 0.25) is 5.91 Å². The number of carbonyl (C=O) groups is 1. The summed E-state index contributed by atoms with van der Waals surface area (Å²) in [7, 11) is 0. The lowest BCUT2D eigenvalue weighted by Gasteiger charge is -2.11. The van der Waals surface area contributed by atoms with Crippen LogP contribution in [0.25, 0.3) is 0 Å². The first-order valence-electron chi connectivity index (χ1n) is 6.36. The van der Waals surface area contributed by atoms with Crippen molar-refractivity contribution < 1.29 is 14.3 Å². The van der Waals surface area contributed by atoms with Gasteiger partial charge in [0.15, 0.2) is 0 Å². The van der Waals surface area contributed by atoms with Gasteiger partial charge in [-0.15, -0.1) is 0 Å². The molecule has 0 saturated carbocycles. The van der Waals surface area contributed by atoms with Crippen molar-refractivity contribution in [2.24, 2.45) is 0 Å². The van der Waals surface area contributed by atoms with Crippen LogP contribution in [-0.2, 0) is 11.3 Å². The molecule has 6 heteroatoms. The zero-order valence-corrected chi connectivity index (χ0v) is 11.8. The van der Waals surface area contributed by atoms with Gasteiger partial charge in [0.25, 0.3) is 0 Å². The summed E-state index contributed by atoms with van der Waals surface area (Å²) in [5.74, 6) is -0.862. The molecule has 2 aromatic rings. The van der Waals surface area contributed by atoms with E-state index in [0.717, 1.165) is 0 Å². The lowest BCUT2D eigenvalue weighted by Crippen LogP contribution is -2.25. The van der Waals surface area contributed by atoms with Gasteiger partial charge in [-0.2, -0.15) is 0 Å². The SMILES string of the molecule is O=C(CC(O)c1ccc(Cl)cc1)NCc1ncccc1F. The van der Waals surface area contributed by atoms with Crippen LogP contribution < -0.4 is 5.32 Å². The Bertz CT molecular complexity index is 619. The maximum atomic E-state index is 13.3. The summed E-state index contributed by atoms with van der Waals surface area (Å²) in [6.45, 7) is -0.0150. The van der Waals surface area contributed by atoms with E-state index in [-0.39, 0.29) is 24.6 Å². The molecule has 2 N–H and O–H groups in total. The van der Waals surface area contributed by atoms with Gasteiger partial charge in [-0.3, -0.25) is 9.78 Å². The van der Waals surface area contributed by atoms with Crippen molar-refractivity contribution in [2.45, 2.75) is 19.1 Å². The number of nitrogens with zero attached hydrogens (tertiary/aromatic N) is 1. The summed E-state index contributed by atoms with van der Waals surface area (Å²) in [4.78, 5) is 15.6. The van der Waals surface area contributed by atoms with Gasteiger partial charge in [0.05, 0.1) is 24.8 Å². The summed E-state index contributed by atoms with van der Waals surface area (Å²) in [5.41, 5.74) is 0.755. The van der Waals surface area contributed by atoms with Crippen molar-refractivity contribution >= 4 is 17.5 Å². The number of aliphatic hydroxyl groups excluding tert-OH is 1. The molecule has 0 spiro atoms. The number of nitrogens with one attached hydrogen (secondary N) is 1. The van der Waals surface area contributed by atoms with Crippen molar-refractivity contribution in [3.05, 3.63) is 64.7 Å². The highest BCUT2D eigenvalue weighted by molar-refractivity contribution is 6.30. The molecular weight excluding hydrogens is 295 g/mol. The molecule has 0 fully saturated rings. The monoisotopic (exact) mass is 308 g/mol. The van der Waals surface area contributed by atoms with Crippen molar-refractivity contribution in [1.29, 1.82) is 0 Å². The van der Waals surface area contributed by atoms with Crippen LogP contribution in [0.15, 0.2) is 42.6 Å². The number of pyridine rings is 1. The Labute approximate surface area is 126 Å². The third kappa shape index (κ3) is 4.51. The first-order valence-corrected chi connectivity index (χ1v) is 6.73. The van der Waals surface area contributed by atoms with Gasteiger partial charge in [-0.1, -0.05) is 23.7 Å². The van der Waals surface area contributed by atoms with Crippen LogP contribution in [0, 0.1) is 5.82 Å². The Balaban J connectivity index is 1.87. The number of hydrogen-bond acceptors (Lipinski definition) is 3. The predicted molar refractivity (Wildman–Crippen MR) is 77.1 cm³/mol. The number of aliphatic hydroxyl groups is 1. The number of benzene rings is 1. The van der Waals surface area contributed by atoms with Crippen molar-refractivity contribution in [2.75, 3.05) is 0 Å². The maximum absolute atomic E-state index is 13.3. The summed E-state index contributed by atoms with van der Waals surface area (Å²) >= 11 is 5.75. The minimum absolute atomic E-state index is 0.0150. The molecule has 0 saturated heterocycles. The third-order valence-corrected chi connectivity index (χ3v) is 3.17. The van der Waals surface area contributed by atoms with Crippen molar-refractivity contribution in [3.63, 3.8) is 0 Å². The maximum Gasteiger partial charge on any atom is 0.223 e. The van der Waals surface area contributed by atoms with Crippen LogP contribution in [0.5, 0.6) is 0 Å². The number of halogens is 2. The highest BCUT2D eigenvalue weighted by Crippen LogP contribution is 2.19. The molecule has 0 radical (unpaired) electrons. The Morgan fingerprint density at radius 3 is 2.71 bits per heavy atom. The van der Waals surface area contributed by atoms with Gasteiger partial charge >= 0.3 is 0 Å². The second kappa shape index (κ2) is 7.15. The van der Waals surface area contributed by atoms with Crippen molar-refractivity contribution in [1.82, 2.24) is 10.3 Å². The molecule has 1 aromatic heterocycles. The van der Waals surface area contributed by atoms with E-state index in [4.69, 9.17) is 11.6 Å². The number of carbonyl (C=O) groups excluding carboxylic acids is 1. The first-order chi connectivity index (χ1) is 10.1. The minimum Gasteiger partial charge on any atom is -0.388 e. The van der Waals surface area contributed by atoms with Crippen LogP contribution >= 0.6 is 11.6 Å². The average Bonchev–Trinajstić information content (AvgIpc) is 2.47. The lowest BCUT2D eigenvalue weighted by atomic mass is 10.1. The van der Waals surface area contributed by atoms with E-state index < -0.39 is 11.9 Å². The van der Waals surface area contributed by atoms with Crippen LogP contribution in [0.3, 0.4) is 0 Å². The summed E-state index contributed by atoms with van der Waals surface area (Å²) < 4.78 is 13.3. The molecule has 0 aliphatic rings. The molecule has 21 heavy (non-hydrogen) atoms. The molecule has 4 nitrogen and oxygen atoms in total. The van der Waals surface area contributed by atoms with E-state index in [1.807, 2.05) is 0 Å². The largest absolute Gasteiger partial charge is 0.388 e. The Morgan fingerprint density at radius 2 is 2.05 bits per heavy atom. The van der Waals surface area contributed by atoms with Crippen LogP contribution in [0.1, 0.15) is 23.8 Å². The smallest absolute Gasteiger partial charge is 0.223 e. The molecule has 0 aliphatic carbocycles. The predicted octanol–water partition coefficient (Wildman–Crippen LogP) is 2.61. The molecule has 1 amide bonds. The minimum atomic E-state index is -0.934. The van der Waals surface area contributed by atoms with Gasteiger partial charge in [-0.05, 0) is 29.8 Å². The van der Waals surface area contributed by atoms with E-state index in [2.05, 4.69) is 10.3 Å². The van der Waals surface area contributed by atoms with Crippen LogP contribution in [-0.4, -0.2) is 16.0 Å². The standard InChI is InChI=1S/C15H14ClFN2O2/c16-11-5-3-10(4-6-11)14(20)8-15(21)19-9-13-12(17)2-1-7-18-13/h1-7,14,20H,8-9H2,(H,19,21). The quantitative estimate of drug-likeness (QED) is 0.892. The van der Waals surface area contributed by atoms with Gasteiger partial charge in [-0.25, -0.2) is 4.39 Å². The Hall–Kier alpha value is -1.98. The molecule has 1 unspecified atom stereocenters. The van der Waals surface area contributed by atoms with Gasteiger partial charge < -0.3 is 10.4 Å². The second-order valence-electron chi connectivity index (χ2n) is 4.48. The van der Waals surface area contributed by atoms with E-state index in [1.54, 1.807) is 24.3 Å². The fourth-order valence-corrected chi connectivity index (χ4v) is 1.91. The fourth-order valence-electron chi connectivity index (χ4n) is 1.78. The molecule has 1 heterocycles. The molecule has 1 aromatic carbocycles. The summed E-state index contributed by atoms with van der Waals surface area (Å²) in [6.07, 6.45) is 0.402. The fraction of sp³-hybridized carbons (Fsp3) is 0.200. The van der Waals surface area contributed by atoms with Crippen LogP contribution in [0.4, 0.5) is 4.39 Å². The summed E-state index contributed by atoms with van der Waals surface area (Å²) in [6, 6.07) is 9.34. The van der Waals surface area contributed by atoms with Gasteiger partial charge in [0.1, 0.15) is 5.82 Å². The molecule has 110 valence electrons. The number of rotatable bonds is 5. The Morgan fingerprint density at radius 1 is 1.33 bits per heavy atom. The molecule has 0 bridgehead atoms. The number of aromatic nitrogens is 1. The third-order valence-electron chi connectivity index (χ3n) is 2.92. The molecule has 2 rings (SSSR count). The zero-order valence-electron chi connectivity index (χ0n) is 11.1. The lowest BCUT2D eigenvalue weighted by molar-refractivity contribution is -0.123. The van der Waals surface area contributed by atoms with E-state index in [9.17, 15) is 14.3 Å². The van der Waals surface area contributed by atoms with Gasteiger partial charge in [0, 0.05) is 11.2 Å². The van der Waals surface area contributed by atoms with E-state index >= 15 is 0 Å². The summed E-state index contributed by atoms with van der Waals surface area (Å²) in [5, 5.41) is 13.0. The Kier molecular flexibility index (Phi) is 5.25. The highest BCUT2D eigenvalue weighted by atomic mass is 35.5. The van der Waals surface area contributed by atoms with Crippen LogP contribution in [0.2, 0.25) is 5.02 Å².